The highest BCUT2D eigenvalue weighted by molar-refractivity contribution is 4.91. The number of hydrogen-bond donors (Lipinski definition) is 0. The van der Waals surface area contributed by atoms with Crippen LogP contribution in [0.2, 0.25) is 0 Å². The molecule has 0 amide bonds. The molecule has 2 unspecified atom stereocenters. The third-order valence-corrected chi connectivity index (χ3v) is 5.30. The number of fused-ring (bicyclic) bond motifs is 1. The van der Waals surface area contributed by atoms with Crippen molar-refractivity contribution in [3.63, 3.8) is 0 Å². The van der Waals surface area contributed by atoms with E-state index in [4.69, 9.17) is 0 Å². The maximum Gasteiger partial charge on any atom is 0.00131 e. The summed E-state index contributed by atoms with van der Waals surface area (Å²) in [5.74, 6) is 4.20. The molecule has 2 aliphatic carbocycles. The molecule has 1 aliphatic heterocycles. The Bertz CT molecular complexity index is 218. The van der Waals surface area contributed by atoms with Crippen LogP contribution in [0.3, 0.4) is 0 Å². The maximum absolute atomic E-state index is 2.80. The Morgan fingerprint density at radius 3 is 2.19 bits per heavy atom. The average Bonchev–Trinajstić information content (AvgIpc) is 2.76. The molecule has 0 N–H and O–H groups in total. The van der Waals surface area contributed by atoms with E-state index in [0.29, 0.717) is 0 Å². The van der Waals surface area contributed by atoms with Crippen LogP contribution < -0.4 is 0 Å². The van der Waals surface area contributed by atoms with Crippen LogP contribution in [0, 0.1) is 23.7 Å². The third-order valence-electron chi connectivity index (χ3n) is 5.30. The van der Waals surface area contributed by atoms with Crippen LogP contribution in [0.25, 0.3) is 0 Å². The van der Waals surface area contributed by atoms with Crippen LogP contribution >= 0.6 is 0 Å². The summed E-state index contributed by atoms with van der Waals surface area (Å²) in [7, 11) is 0. The molecule has 1 saturated heterocycles. The van der Waals surface area contributed by atoms with E-state index < -0.39 is 0 Å². The highest BCUT2D eigenvalue weighted by Gasteiger charge is 2.39. The molecule has 0 aromatic carbocycles. The van der Waals surface area contributed by atoms with E-state index in [0.717, 1.165) is 23.7 Å². The van der Waals surface area contributed by atoms with Crippen molar-refractivity contribution >= 4 is 0 Å². The quantitative estimate of drug-likeness (QED) is 0.689. The van der Waals surface area contributed by atoms with Crippen LogP contribution in [0.4, 0.5) is 0 Å². The number of likely N-dealkylation sites (tertiary alicyclic amines) is 1. The van der Waals surface area contributed by atoms with Crippen LogP contribution in [0.5, 0.6) is 0 Å². The SMILES string of the molecule is CC1CC2CN(CC3CCCCC3)CC2C1. The van der Waals surface area contributed by atoms with Crippen LogP contribution in [0.1, 0.15) is 51.9 Å². The summed E-state index contributed by atoms with van der Waals surface area (Å²) in [6, 6.07) is 0. The lowest BCUT2D eigenvalue weighted by Crippen LogP contribution is -2.29. The van der Waals surface area contributed by atoms with E-state index in [1.165, 1.54) is 64.6 Å². The second-order valence-electron chi connectivity index (χ2n) is 6.82. The van der Waals surface area contributed by atoms with Crippen molar-refractivity contribution in [1.29, 1.82) is 0 Å². The Labute approximate surface area is 101 Å². The van der Waals surface area contributed by atoms with Crippen molar-refractivity contribution in [2.24, 2.45) is 23.7 Å². The molecule has 1 heterocycles. The van der Waals surface area contributed by atoms with Gasteiger partial charge in [-0.3, -0.25) is 0 Å². The molecular formula is C15H27N. The fraction of sp³-hybridized carbons (Fsp3) is 1.00. The van der Waals surface area contributed by atoms with E-state index in [1.807, 2.05) is 0 Å². The molecule has 0 aromatic heterocycles. The number of hydrogen-bond acceptors (Lipinski definition) is 1. The van der Waals surface area contributed by atoms with E-state index in [1.54, 1.807) is 0 Å². The molecule has 2 atom stereocenters. The highest BCUT2D eigenvalue weighted by atomic mass is 15.2. The summed E-state index contributed by atoms with van der Waals surface area (Å²) in [6.45, 7) is 6.75. The fourth-order valence-electron chi connectivity index (χ4n) is 4.58. The standard InChI is InChI=1S/C15H27N/c1-12-7-14-10-16(11-15(14)8-12)9-13-5-3-2-4-6-13/h12-15H,2-11H2,1H3. The Balaban J connectivity index is 1.47. The van der Waals surface area contributed by atoms with Gasteiger partial charge in [-0.25, -0.2) is 0 Å². The van der Waals surface area contributed by atoms with E-state index in [-0.39, 0.29) is 0 Å². The van der Waals surface area contributed by atoms with Gasteiger partial charge in [0.1, 0.15) is 0 Å². The number of rotatable bonds is 2. The molecular weight excluding hydrogens is 194 g/mol. The zero-order chi connectivity index (χ0) is 11.0. The van der Waals surface area contributed by atoms with Gasteiger partial charge in [-0.05, 0) is 49.4 Å². The molecule has 1 nitrogen and oxygen atoms in total. The minimum Gasteiger partial charge on any atom is -0.302 e. The van der Waals surface area contributed by atoms with E-state index in [9.17, 15) is 0 Å². The number of nitrogens with zero attached hydrogens (tertiary/aromatic N) is 1. The van der Waals surface area contributed by atoms with Gasteiger partial charge in [0.15, 0.2) is 0 Å². The third kappa shape index (κ3) is 2.30. The first-order valence-electron chi connectivity index (χ1n) is 7.53. The largest absolute Gasteiger partial charge is 0.302 e. The molecule has 92 valence electrons. The summed E-state index contributed by atoms with van der Waals surface area (Å²) in [5, 5.41) is 0. The lowest BCUT2D eigenvalue weighted by Gasteiger charge is -2.27. The lowest BCUT2D eigenvalue weighted by molar-refractivity contribution is 0.218. The Kier molecular flexibility index (Phi) is 3.24. The molecule has 1 heteroatoms. The zero-order valence-corrected chi connectivity index (χ0v) is 10.8. The predicted molar refractivity (Wildman–Crippen MR) is 68.4 cm³/mol. The molecule has 2 saturated carbocycles. The normalized spacial score (nSPS) is 41.4. The van der Waals surface area contributed by atoms with E-state index >= 15 is 0 Å². The van der Waals surface area contributed by atoms with Gasteiger partial charge in [-0.15, -0.1) is 0 Å². The van der Waals surface area contributed by atoms with E-state index in [2.05, 4.69) is 11.8 Å². The molecule has 3 fully saturated rings. The monoisotopic (exact) mass is 221 g/mol. The lowest BCUT2D eigenvalue weighted by atomic mass is 9.89. The topological polar surface area (TPSA) is 3.24 Å². The van der Waals surface area contributed by atoms with Crippen molar-refractivity contribution < 1.29 is 0 Å². The second-order valence-corrected chi connectivity index (χ2v) is 6.82. The Hall–Kier alpha value is -0.0400. The van der Waals surface area contributed by atoms with Gasteiger partial charge in [-0.1, -0.05) is 26.2 Å². The highest BCUT2D eigenvalue weighted by Crippen LogP contribution is 2.41. The van der Waals surface area contributed by atoms with Gasteiger partial charge >= 0.3 is 0 Å². The minimum atomic E-state index is 1.02. The first-order chi connectivity index (χ1) is 7.81. The molecule has 16 heavy (non-hydrogen) atoms. The van der Waals surface area contributed by atoms with Crippen molar-refractivity contribution in [3.8, 4) is 0 Å². The Morgan fingerprint density at radius 2 is 1.56 bits per heavy atom. The molecule has 0 spiro atoms. The molecule has 3 aliphatic rings. The van der Waals surface area contributed by atoms with Crippen LogP contribution in [-0.4, -0.2) is 24.5 Å². The first-order valence-corrected chi connectivity index (χ1v) is 7.53. The van der Waals surface area contributed by atoms with Crippen molar-refractivity contribution in [3.05, 3.63) is 0 Å². The Morgan fingerprint density at radius 1 is 0.938 bits per heavy atom. The molecule has 0 radical (unpaired) electrons. The molecule has 3 rings (SSSR count). The summed E-state index contributed by atoms with van der Waals surface area (Å²) >= 11 is 0. The predicted octanol–water partition coefficient (Wildman–Crippen LogP) is 3.54. The second kappa shape index (κ2) is 4.68. The van der Waals surface area contributed by atoms with Gasteiger partial charge < -0.3 is 4.90 Å². The van der Waals surface area contributed by atoms with Gasteiger partial charge in [0.05, 0.1) is 0 Å². The fourth-order valence-corrected chi connectivity index (χ4v) is 4.58. The van der Waals surface area contributed by atoms with Crippen LogP contribution in [0.15, 0.2) is 0 Å². The average molecular weight is 221 g/mol. The first kappa shape index (κ1) is 11.1. The smallest absolute Gasteiger partial charge is 0.00131 e. The van der Waals surface area contributed by atoms with Crippen molar-refractivity contribution in [1.82, 2.24) is 4.90 Å². The molecule has 0 bridgehead atoms. The zero-order valence-electron chi connectivity index (χ0n) is 10.8. The van der Waals surface area contributed by atoms with Crippen molar-refractivity contribution in [2.45, 2.75) is 51.9 Å². The summed E-state index contributed by atoms with van der Waals surface area (Å²) < 4.78 is 0. The maximum atomic E-state index is 2.80. The van der Waals surface area contributed by atoms with Crippen LogP contribution in [-0.2, 0) is 0 Å². The summed E-state index contributed by atoms with van der Waals surface area (Å²) in [5.41, 5.74) is 0. The van der Waals surface area contributed by atoms with Gasteiger partial charge in [0.25, 0.3) is 0 Å². The van der Waals surface area contributed by atoms with Crippen molar-refractivity contribution in [2.75, 3.05) is 19.6 Å². The van der Waals surface area contributed by atoms with Gasteiger partial charge in [0, 0.05) is 19.6 Å². The minimum absolute atomic E-state index is 1.02. The molecule has 0 aromatic rings. The van der Waals surface area contributed by atoms with Gasteiger partial charge in [0.2, 0.25) is 0 Å². The van der Waals surface area contributed by atoms with Gasteiger partial charge in [-0.2, -0.15) is 0 Å². The summed E-state index contributed by atoms with van der Waals surface area (Å²) in [6.07, 6.45) is 10.6. The summed E-state index contributed by atoms with van der Waals surface area (Å²) in [4.78, 5) is 2.80.